The van der Waals surface area contributed by atoms with Crippen LogP contribution in [-0.2, 0) is 0 Å². The molecule has 0 radical (unpaired) electrons. The molecule has 0 fully saturated rings. The first-order valence-electron chi connectivity index (χ1n) is 6.60. The van der Waals surface area contributed by atoms with Gasteiger partial charge in [0.05, 0.1) is 12.2 Å². The van der Waals surface area contributed by atoms with Crippen LogP contribution in [-0.4, -0.2) is 16.7 Å². The van der Waals surface area contributed by atoms with Crippen LogP contribution in [0.2, 0.25) is 0 Å². The maximum absolute atomic E-state index is 12.9. The van der Waals surface area contributed by atoms with Crippen molar-refractivity contribution in [2.24, 2.45) is 0 Å². The minimum Gasteiger partial charge on any atom is -0.493 e. The van der Waals surface area contributed by atoms with Crippen LogP contribution in [0.25, 0.3) is 22.8 Å². The minimum atomic E-state index is -0.305. The average molecular weight is 284 g/mol. The largest absolute Gasteiger partial charge is 0.493 e. The van der Waals surface area contributed by atoms with Crippen LogP contribution in [0.1, 0.15) is 6.92 Å². The van der Waals surface area contributed by atoms with Gasteiger partial charge >= 0.3 is 0 Å². The summed E-state index contributed by atoms with van der Waals surface area (Å²) in [6.45, 7) is 2.47. The fourth-order valence-corrected chi connectivity index (χ4v) is 1.98. The number of para-hydroxylation sites is 1. The van der Waals surface area contributed by atoms with Gasteiger partial charge in [-0.15, -0.1) is 0 Å². The minimum absolute atomic E-state index is 0.305. The second-order valence-electron chi connectivity index (χ2n) is 4.36. The Morgan fingerprint density at radius 1 is 1.10 bits per heavy atom. The Morgan fingerprint density at radius 3 is 2.62 bits per heavy atom. The number of ether oxygens (including phenoxy) is 1. The number of aromatic nitrogens is 2. The van der Waals surface area contributed by atoms with Crippen LogP contribution in [0, 0.1) is 5.82 Å². The zero-order valence-electron chi connectivity index (χ0n) is 11.4. The molecule has 1 aromatic heterocycles. The van der Waals surface area contributed by atoms with Gasteiger partial charge in [-0.25, -0.2) is 4.39 Å². The maximum atomic E-state index is 12.9. The third-order valence-electron chi connectivity index (χ3n) is 2.95. The number of hydrogen-bond acceptors (Lipinski definition) is 4. The van der Waals surface area contributed by atoms with E-state index in [0.29, 0.717) is 29.6 Å². The fraction of sp³-hybridized carbons (Fsp3) is 0.125. The molecule has 1 heterocycles. The summed E-state index contributed by atoms with van der Waals surface area (Å²) in [5.41, 5.74) is 1.43. The molecule has 106 valence electrons. The highest BCUT2D eigenvalue weighted by molar-refractivity contribution is 5.65. The molecule has 2 aromatic carbocycles. The van der Waals surface area contributed by atoms with Gasteiger partial charge in [-0.1, -0.05) is 17.3 Å². The lowest BCUT2D eigenvalue weighted by molar-refractivity contribution is 0.341. The summed E-state index contributed by atoms with van der Waals surface area (Å²) >= 11 is 0. The highest BCUT2D eigenvalue weighted by Crippen LogP contribution is 2.29. The van der Waals surface area contributed by atoms with Crippen LogP contribution in [0.5, 0.6) is 5.75 Å². The smallest absolute Gasteiger partial charge is 0.258 e. The first-order valence-corrected chi connectivity index (χ1v) is 6.60. The molecule has 0 spiro atoms. The van der Waals surface area contributed by atoms with E-state index in [9.17, 15) is 4.39 Å². The van der Waals surface area contributed by atoms with Gasteiger partial charge in [0.2, 0.25) is 5.82 Å². The first kappa shape index (κ1) is 13.3. The predicted molar refractivity (Wildman–Crippen MR) is 76.3 cm³/mol. The molecule has 0 amide bonds. The van der Waals surface area contributed by atoms with E-state index in [1.54, 1.807) is 12.1 Å². The normalized spacial score (nSPS) is 10.6. The molecule has 0 aliphatic heterocycles. The lowest BCUT2D eigenvalue weighted by atomic mass is 10.2. The molecule has 3 aromatic rings. The Labute approximate surface area is 121 Å². The van der Waals surface area contributed by atoms with Crippen molar-refractivity contribution in [2.45, 2.75) is 6.92 Å². The number of halogens is 1. The van der Waals surface area contributed by atoms with Crippen LogP contribution in [0.4, 0.5) is 4.39 Å². The van der Waals surface area contributed by atoms with E-state index in [-0.39, 0.29) is 5.82 Å². The summed E-state index contributed by atoms with van der Waals surface area (Å²) in [7, 11) is 0. The average Bonchev–Trinajstić information content (AvgIpc) is 2.99. The Kier molecular flexibility index (Phi) is 3.64. The van der Waals surface area contributed by atoms with Gasteiger partial charge < -0.3 is 9.26 Å². The number of hydrogen-bond donors (Lipinski definition) is 0. The van der Waals surface area contributed by atoms with Crippen LogP contribution in [0.3, 0.4) is 0 Å². The third-order valence-corrected chi connectivity index (χ3v) is 2.95. The predicted octanol–water partition coefficient (Wildman–Crippen LogP) is 3.94. The van der Waals surface area contributed by atoms with Crippen LogP contribution < -0.4 is 4.74 Å². The van der Waals surface area contributed by atoms with Crippen molar-refractivity contribution in [3.63, 3.8) is 0 Å². The van der Waals surface area contributed by atoms with Crippen molar-refractivity contribution < 1.29 is 13.7 Å². The fourth-order valence-electron chi connectivity index (χ4n) is 1.98. The summed E-state index contributed by atoms with van der Waals surface area (Å²) in [6.07, 6.45) is 0. The maximum Gasteiger partial charge on any atom is 0.258 e. The molecule has 0 aliphatic rings. The highest BCUT2D eigenvalue weighted by atomic mass is 19.1. The summed E-state index contributed by atoms with van der Waals surface area (Å²) in [4.78, 5) is 4.34. The molecule has 4 nitrogen and oxygen atoms in total. The van der Waals surface area contributed by atoms with E-state index < -0.39 is 0 Å². The van der Waals surface area contributed by atoms with Crippen molar-refractivity contribution in [3.05, 3.63) is 54.3 Å². The van der Waals surface area contributed by atoms with Gasteiger partial charge in [0.15, 0.2) is 0 Å². The van der Waals surface area contributed by atoms with E-state index in [1.165, 1.54) is 12.1 Å². The van der Waals surface area contributed by atoms with Crippen molar-refractivity contribution in [2.75, 3.05) is 6.61 Å². The Morgan fingerprint density at radius 2 is 1.86 bits per heavy atom. The summed E-state index contributed by atoms with van der Waals surface area (Å²) in [5, 5.41) is 3.97. The van der Waals surface area contributed by atoms with Crippen LogP contribution >= 0.6 is 0 Å². The van der Waals surface area contributed by atoms with Gasteiger partial charge in [-0.05, 0) is 43.3 Å². The van der Waals surface area contributed by atoms with E-state index in [1.807, 2.05) is 31.2 Å². The highest BCUT2D eigenvalue weighted by Gasteiger charge is 2.14. The molecular weight excluding hydrogens is 271 g/mol. The molecule has 3 rings (SSSR count). The summed E-state index contributed by atoms with van der Waals surface area (Å²) in [6, 6.07) is 13.4. The molecule has 5 heteroatoms. The van der Waals surface area contributed by atoms with Gasteiger partial charge in [-0.3, -0.25) is 0 Å². The molecule has 21 heavy (non-hydrogen) atoms. The lowest BCUT2D eigenvalue weighted by Crippen LogP contribution is -1.94. The zero-order chi connectivity index (χ0) is 14.7. The Hall–Kier alpha value is -2.69. The topological polar surface area (TPSA) is 48.2 Å². The number of benzene rings is 2. The monoisotopic (exact) mass is 284 g/mol. The van der Waals surface area contributed by atoms with Crippen molar-refractivity contribution in [3.8, 4) is 28.6 Å². The molecule has 0 aliphatic carbocycles. The SMILES string of the molecule is CCOc1ccccc1-c1noc(-c2ccc(F)cc2)n1. The Bertz CT molecular complexity index is 738. The Balaban J connectivity index is 1.97. The van der Waals surface area contributed by atoms with Crippen molar-refractivity contribution in [1.29, 1.82) is 0 Å². The van der Waals surface area contributed by atoms with Gasteiger partial charge in [0, 0.05) is 5.56 Å². The standard InChI is InChI=1S/C16H13FN2O2/c1-2-20-14-6-4-3-5-13(14)15-18-16(21-19-15)11-7-9-12(17)10-8-11/h3-10H,2H2,1H3. The molecule has 0 unspecified atom stereocenters. The third kappa shape index (κ3) is 2.76. The first-order chi connectivity index (χ1) is 10.3. The van der Waals surface area contributed by atoms with Gasteiger partial charge in [-0.2, -0.15) is 4.98 Å². The van der Waals surface area contributed by atoms with Crippen molar-refractivity contribution in [1.82, 2.24) is 10.1 Å². The van der Waals surface area contributed by atoms with Crippen LogP contribution in [0.15, 0.2) is 53.1 Å². The van der Waals surface area contributed by atoms with E-state index in [4.69, 9.17) is 9.26 Å². The van der Waals surface area contributed by atoms with E-state index in [0.717, 1.165) is 5.56 Å². The quantitative estimate of drug-likeness (QED) is 0.728. The molecule has 0 saturated carbocycles. The molecule has 0 atom stereocenters. The molecular formula is C16H13FN2O2. The molecule has 0 saturated heterocycles. The van der Waals surface area contributed by atoms with Crippen molar-refractivity contribution >= 4 is 0 Å². The molecule has 0 N–H and O–H groups in total. The second-order valence-corrected chi connectivity index (χ2v) is 4.36. The van der Waals surface area contributed by atoms with E-state index >= 15 is 0 Å². The second kappa shape index (κ2) is 5.75. The number of nitrogens with zero attached hydrogens (tertiary/aromatic N) is 2. The zero-order valence-corrected chi connectivity index (χ0v) is 11.4. The summed E-state index contributed by atoms with van der Waals surface area (Å²) in [5.74, 6) is 1.18. The lowest BCUT2D eigenvalue weighted by Gasteiger charge is -2.05. The van der Waals surface area contributed by atoms with Gasteiger partial charge in [0.1, 0.15) is 11.6 Å². The number of rotatable bonds is 4. The molecule has 0 bridgehead atoms. The van der Waals surface area contributed by atoms with E-state index in [2.05, 4.69) is 10.1 Å². The van der Waals surface area contributed by atoms with Gasteiger partial charge in [0.25, 0.3) is 5.89 Å². The summed E-state index contributed by atoms with van der Waals surface area (Å²) < 4.78 is 23.7.